The van der Waals surface area contributed by atoms with E-state index >= 15 is 0 Å². The molecular formula is C10H19NO2. The van der Waals surface area contributed by atoms with Gasteiger partial charge >= 0.3 is 5.97 Å². The van der Waals surface area contributed by atoms with E-state index in [9.17, 15) is 4.79 Å². The van der Waals surface area contributed by atoms with E-state index in [2.05, 4.69) is 5.32 Å². The van der Waals surface area contributed by atoms with E-state index in [-0.39, 0.29) is 18.0 Å². The van der Waals surface area contributed by atoms with Crippen LogP contribution in [0.4, 0.5) is 0 Å². The van der Waals surface area contributed by atoms with Gasteiger partial charge in [0.15, 0.2) is 0 Å². The van der Waals surface area contributed by atoms with Crippen LogP contribution in [0.15, 0.2) is 0 Å². The number of esters is 1. The molecule has 0 aromatic carbocycles. The van der Waals surface area contributed by atoms with E-state index in [0.717, 1.165) is 19.5 Å². The van der Waals surface area contributed by atoms with Crippen LogP contribution < -0.4 is 5.32 Å². The minimum absolute atomic E-state index is 0.0409. The second-order valence-corrected chi connectivity index (χ2v) is 3.86. The number of hydrogen-bond donors (Lipinski definition) is 1. The van der Waals surface area contributed by atoms with Crippen molar-refractivity contribution >= 4 is 5.97 Å². The molecule has 3 nitrogen and oxygen atoms in total. The van der Waals surface area contributed by atoms with Crippen LogP contribution in [0.5, 0.6) is 0 Å². The third-order valence-electron chi connectivity index (χ3n) is 2.78. The Morgan fingerprint density at radius 1 is 1.54 bits per heavy atom. The maximum absolute atomic E-state index is 11.5. The summed E-state index contributed by atoms with van der Waals surface area (Å²) in [6, 6.07) is 0. The van der Waals surface area contributed by atoms with Crippen molar-refractivity contribution in [3.8, 4) is 0 Å². The Hall–Kier alpha value is -0.570. The molecule has 0 bridgehead atoms. The van der Waals surface area contributed by atoms with Crippen molar-refractivity contribution in [3.63, 3.8) is 0 Å². The van der Waals surface area contributed by atoms with Crippen LogP contribution in [0.1, 0.15) is 27.2 Å². The van der Waals surface area contributed by atoms with Crippen LogP contribution in [0.25, 0.3) is 0 Å². The fourth-order valence-corrected chi connectivity index (χ4v) is 1.25. The molecular weight excluding hydrogens is 166 g/mol. The van der Waals surface area contributed by atoms with Crippen LogP contribution in [-0.4, -0.2) is 25.2 Å². The van der Waals surface area contributed by atoms with Gasteiger partial charge in [-0.2, -0.15) is 0 Å². The van der Waals surface area contributed by atoms with E-state index in [0.29, 0.717) is 5.92 Å². The summed E-state index contributed by atoms with van der Waals surface area (Å²) in [5.41, 5.74) is 0. The lowest BCUT2D eigenvalue weighted by atomic mass is 9.89. The number of carbonyl (C=O) groups is 1. The van der Waals surface area contributed by atoms with Crippen molar-refractivity contribution in [1.82, 2.24) is 5.32 Å². The van der Waals surface area contributed by atoms with Gasteiger partial charge in [-0.05, 0) is 32.4 Å². The van der Waals surface area contributed by atoms with Crippen LogP contribution in [0.3, 0.4) is 0 Å². The molecule has 2 atom stereocenters. The van der Waals surface area contributed by atoms with E-state index in [4.69, 9.17) is 4.74 Å². The van der Waals surface area contributed by atoms with E-state index in [1.54, 1.807) is 0 Å². The maximum atomic E-state index is 11.5. The Morgan fingerprint density at radius 2 is 2.15 bits per heavy atom. The second-order valence-electron chi connectivity index (χ2n) is 3.86. The summed E-state index contributed by atoms with van der Waals surface area (Å²) >= 11 is 0. The SMILES string of the molecule is CCC(C)OC(=O)C(C)C1CNC1. The highest BCUT2D eigenvalue weighted by Gasteiger charge is 2.30. The highest BCUT2D eigenvalue weighted by atomic mass is 16.5. The monoisotopic (exact) mass is 185 g/mol. The van der Waals surface area contributed by atoms with Gasteiger partial charge in [-0.25, -0.2) is 0 Å². The zero-order valence-electron chi connectivity index (χ0n) is 8.67. The molecule has 13 heavy (non-hydrogen) atoms. The quantitative estimate of drug-likeness (QED) is 0.668. The third-order valence-corrected chi connectivity index (χ3v) is 2.78. The minimum atomic E-state index is -0.0409. The number of ether oxygens (including phenoxy) is 1. The number of hydrogen-bond acceptors (Lipinski definition) is 3. The van der Waals surface area contributed by atoms with Crippen LogP contribution in [0.2, 0.25) is 0 Å². The molecule has 0 saturated carbocycles. The van der Waals surface area contributed by atoms with Gasteiger partial charge in [0.1, 0.15) is 0 Å². The Kier molecular flexibility index (Phi) is 3.72. The third kappa shape index (κ3) is 2.69. The molecule has 1 fully saturated rings. The van der Waals surface area contributed by atoms with Crippen molar-refractivity contribution in [1.29, 1.82) is 0 Å². The molecule has 1 rings (SSSR count). The van der Waals surface area contributed by atoms with Crippen LogP contribution in [-0.2, 0) is 9.53 Å². The van der Waals surface area contributed by atoms with Crippen molar-refractivity contribution in [2.45, 2.75) is 33.3 Å². The molecule has 1 heterocycles. The zero-order valence-corrected chi connectivity index (χ0v) is 8.67. The molecule has 3 heteroatoms. The van der Waals surface area contributed by atoms with E-state index in [1.807, 2.05) is 20.8 Å². The number of nitrogens with one attached hydrogen (secondary N) is 1. The first-order valence-corrected chi connectivity index (χ1v) is 5.06. The average molecular weight is 185 g/mol. The van der Waals surface area contributed by atoms with Gasteiger partial charge in [-0.15, -0.1) is 0 Å². The summed E-state index contributed by atoms with van der Waals surface area (Å²) in [7, 11) is 0. The summed E-state index contributed by atoms with van der Waals surface area (Å²) in [5, 5.41) is 3.16. The van der Waals surface area contributed by atoms with Gasteiger partial charge in [-0.1, -0.05) is 13.8 Å². The van der Waals surface area contributed by atoms with Gasteiger partial charge in [0.05, 0.1) is 12.0 Å². The van der Waals surface area contributed by atoms with Crippen molar-refractivity contribution in [2.75, 3.05) is 13.1 Å². The van der Waals surface area contributed by atoms with E-state index in [1.165, 1.54) is 0 Å². The highest BCUT2D eigenvalue weighted by Crippen LogP contribution is 2.18. The topological polar surface area (TPSA) is 38.3 Å². The first-order valence-electron chi connectivity index (χ1n) is 5.06. The summed E-state index contributed by atoms with van der Waals surface area (Å²) in [6.45, 7) is 7.82. The zero-order chi connectivity index (χ0) is 9.84. The van der Waals surface area contributed by atoms with Gasteiger partial charge in [0.2, 0.25) is 0 Å². The number of rotatable bonds is 4. The van der Waals surface area contributed by atoms with Crippen molar-refractivity contribution in [2.24, 2.45) is 11.8 Å². The smallest absolute Gasteiger partial charge is 0.309 e. The first kappa shape index (κ1) is 10.5. The van der Waals surface area contributed by atoms with Crippen molar-refractivity contribution in [3.05, 3.63) is 0 Å². The fourth-order valence-electron chi connectivity index (χ4n) is 1.25. The maximum Gasteiger partial charge on any atom is 0.309 e. The molecule has 0 aromatic rings. The molecule has 1 aliphatic heterocycles. The van der Waals surface area contributed by atoms with Crippen LogP contribution in [0, 0.1) is 11.8 Å². The molecule has 0 spiro atoms. The van der Waals surface area contributed by atoms with Gasteiger partial charge in [0, 0.05) is 0 Å². The normalized spacial score (nSPS) is 21.8. The number of carbonyl (C=O) groups excluding carboxylic acids is 1. The standard InChI is InChI=1S/C10H19NO2/c1-4-7(2)13-10(12)8(3)9-5-11-6-9/h7-9,11H,4-6H2,1-3H3. The summed E-state index contributed by atoms with van der Waals surface area (Å²) < 4.78 is 5.25. The Bertz CT molecular complexity index is 178. The van der Waals surface area contributed by atoms with E-state index < -0.39 is 0 Å². The molecule has 0 aromatic heterocycles. The Balaban J connectivity index is 2.28. The lowest BCUT2D eigenvalue weighted by molar-refractivity contribution is -0.155. The van der Waals surface area contributed by atoms with Crippen molar-refractivity contribution < 1.29 is 9.53 Å². The lowest BCUT2D eigenvalue weighted by Gasteiger charge is -2.31. The molecule has 76 valence electrons. The predicted molar refractivity (Wildman–Crippen MR) is 51.4 cm³/mol. The largest absolute Gasteiger partial charge is 0.462 e. The molecule has 0 aliphatic carbocycles. The van der Waals surface area contributed by atoms with Crippen LogP contribution >= 0.6 is 0 Å². The molecule has 1 saturated heterocycles. The minimum Gasteiger partial charge on any atom is -0.462 e. The molecule has 0 radical (unpaired) electrons. The van der Waals surface area contributed by atoms with Gasteiger partial charge in [0.25, 0.3) is 0 Å². The molecule has 2 unspecified atom stereocenters. The Labute approximate surface area is 79.8 Å². The molecule has 1 N–H and O–H groups in total. The van der Waals surface area contributed by atoms with Gasteiger partial charge < -0.3 is 10.1 Å². The van der Waals surface area contributed by atoms with Gasteiger partial charge in [-0.3, -0.25) is 4.79 Å². The summed E-state index contributed by atoms with van der Waals surface area (Å²) in [6.07, 6.45) is 0.949. The predicted octanol–water partition coefficient (Wildman–Crippen LogP) is 1.18. The Morgan fingerprint density at radius 3 is 2.54 bits per heavy atom. The molecule has 0 amide bonds. The first-order chi connectivity index (χ1) is 6.15. The summed E-state index contributed by atoms with van der Waals surface area (Å²) in [4.78, 5) is 11.5. The highest BCUT2D eigenvalue weighted by molar-refractivity contribution is 5.72. The molecule has 1 aliphatic rings. The average Bonchev–Trinajstić information content (AvgIpc) is 2.00. The second kappa shape index (κ2) is 4.61. The fraction of sp³-hybridized carbons (Fsp3) is 0.900. The lowest BCUT2D eigenvalue weighted by Crippen LogP contribution is -2.48. The summed E-state index contributed by atoms with van der Waals surface area (Å²) in [5.74, 6) is 0.493.